The van der Waals surface area contributed by atoms with Crippen LogP contribution >= 0.6 is 0 Å². The molecule has 0 bridgehead atoms. The molecule has 150 valence electrons. The lowest BCUT2D eigenvalue weighted by Crippen LogP contribution is -2.44. The number of carbonyl (C=O) groups excluding carboxylic acids is 1. The third-order valence-corrected chi connectivity index (χ3v) is 5.99. The third-order valence-electron chi connectivity index (χ3n) is 5.99. The van der Waals surface area contributed by atoms with E-state index in [2.05, 4.69) is 71.3 Å². The molecule has 28 heavy (non-hydrogen) atoms. The van der Waals surface area contributed by atoms with Gasteiger partial charge in [-0.25, -0.2) is 0 Å². The van der Waals surface area contributed by atoms with E-state index in [9.17, 15) is 4.79 Å². The molecule has 1 saturated heterocycles. The zero-order valence-electron chi connectivity index (χ0n) is 17.4. The molecule has 1 aliphatic heterocycles. The van der Waals surface area contributed by atoms with Gasteiger partial charge in [-0.3, -0.25) is 4.79 Å². The summed E-state index contributed by atoms with van der Waals surface area (Å²) in [5.74, 6) is 0.823. The first-order chi connectivity index (χ1) is 13.7. The topological polar surface area (TPSA) is 23.6 Å². The predicted octanol–water partition coefficient (Wildman–Crippen LogP) is 4.94. The highest BCUT2D eigenvalue weighted by Crippen LogP contribution is 2.25. The molecule has 1 heterocycles. The van der Waals surface area contributed by atoms with Gasteiger partial charge in [-0.2, -0.15) is 0 Å². The molecule has 0 aromatic heterocycles. The molecule has 3 rings (SSSR count). The zero-order chi connectivity index (χ0) is 19.8. The van der Waals surface area contributed by atoms with E-state index < -0.39 is 0 Å². The second-order valence-electron chi connectivity index (χ2n) is 8.03. The molecule has 1 fully saturated rings. The fraction of sp³-hybridized carbons (Fsp3) is 0.480. The van der Waals surface area contributed by atoms with Crippen LogP contribution in [0.5, 0.6) is 0 Å². The van der Waals surface area contributed by atoms with E-state index in [1.165, 1.54) is 30.5 Å². The first-order valence-corrected chi connectivity index (χ1v) is 10.8. The Balaban J connectivity index is 1.59. The third kappa shape index (κ3) is 5.68. The number of amides is 1. The summed E-state index contributed by atoms with van der Waals surface area (Å²) in [5, 5.41) is 0. The molecule has 0 unspecified atom stereocenters. The number of hydrogen-bond acceptors (Lipinski definition) is 2. The van der Waals surface area contributed by atoms with Crippen LogP contribution in [0.4, 0.5) is 0 Å². The summed E-state index contributed by atoms with van der Waals surface area (Å²) in [5.41, 5.74) is 2.63. The summed E-state index contributed by atoms with van der Waals surface area (Å²) in [6, 6.07) is 21.3. The number of carbonyl (C=O) groups is 1. The summed E-state index contributed by atoms with van der Waals surface area (Å²) in [6.07, 6.45) is 4.12. The van der Waals surface area contributed by atoms with Gasteiger partial charge in [0.15, 0.2) is 0 Å². The Kier molecular flexibility index (Phi) is 7.67. The molecule has 0 radical (unpaired) electrons. The van der Waals surface area contributed by atoms with Crippen molar-refractivity contribution in [1.29, 1.82) is 0 Å². The first kappa shape index (κ1) is 20.6. The van der Waals surface area contributed by atoms with Crippen molar-refractivity contribution in [1.82, 2.24) is 9.80 Å². The quantitative estimate of drug-likeness (QED) is 0.649. The average Bonchev–Trinajstić information content (AvgIpc) is 2.76. The van der Waals surface area contributed by atoms with Crippen LogP contribution in [-0.2, 0) is 11.2 Å². The minimum Gasteiger partial charge on any atom is -0.336 e. The molecule has 0 N–H and O–H groups in total. The minimum atomic E-state index is 0.133. The first-order valence-electron chi connectivity index (χ1n) is 10.8. The van der Waals surface area contributed by atoms with Gasteiger partial charge in [0.25, 0.3) is 0 Å². The van der Waals surface area contributed by atoms with Crippen LogP contribution in [0.2, 0.25) is 0 Å². The van der Waals surface area contributed by atoms with Crippen molar-refractivity contribution in [2.75, 3.05) is 26.2 Å². The molecule has 3 heteroatoms. The molecule has 2 aromatic rings. The van der Waals surface area contributed by atoms with E-state index >= 15 is 0 Å². The molecule has 1 aliphatic rings. The highest BCUT2D eigenvalue weighted by Gasteiger charge is 2.27. The minimum absolute atomic E-state index is 0.133. The number of likely N-dealkylation sites (tertiary alicyclic amines) is 1. The van der Waals surface area contributed by atoms with Gasteiger partial charge in [0.2, 0.25) is 5.91 Å². The highest BCUT2D eigenvalue weighted by molar-refractivity contribution is 5.76. The Morgan fingerprint density at radius 1 is 1.11 bits per heavy atom. The van der Waals surface area contributed by atoms with Gasteiger partial charge < -0.3 is 9.80 Å². The SMILES string of the molecule is CCC(=O)N(C[C@H]1CCCN(CCc2ccccc2)C1)[C@@H](C)c1ccccc1. The van der Waals surface area contributed by atoms with Gasteiger partial charge in [-0.1, -0.05) is 67.6 Å². The lowest BCUT2D eigenvalue weighted by Gasteiger charge is -2.38. The van der Waals surface area contributed by atoms with Crippen molar-refractivity contribution in [3.8, 4) is 0 Å². The summed E-state index contributed by atoms with van der Waals surface area (Å²) in [6.45, 7) is 8.39. The van der Waals surface area contributed by atoms with Crippen molar-refractivity contribution in [3.05, 3.63) is 71.8 Å². The van der Waals surface area contributed by atoms with Crippen molar-refractivity contribution < 1.29 is 4.79 Å². The molecule has 2 atom stereocenters. The molecule has 0 spiro atoms. The van der Waals surface area contributed by atoms with Gasteiger partial charge in [-0.05, 0) is 49.8 Å². The normalized spacial score (nSPS) is 18.6. The maximum Gasteiger partial charge on any atom is 0.222 e. The van der Waals surface area contributed by atoms with E-state index in [-0.39, 0.29) is 11.9 Å². The summed E-state index contributed by atoms with van der Waals surface area (Å²) >= 11 is 0. The Hall–Kier alpha value is -2.13. The number of nitrogens with zero attached hydrogens (tertiary/aromatic N) is 2. The van der Waals surface area contributed by atoms with Crippen molar-refractivity contribution in [2.24, 2.45) is 5.92 Å². The lowest BCUT2D eigenvalue weighted by molar-refractivity contribution is -0.134. The van der Waals surface area contributed by atoms with Crippen LogP contribution in [-0.4, -0.2) is 41.9 Å². The lowest BCUT2D eigenvalue weighted by atomic mass is 9.95. The smallest absolute Gasteiger partial charge is 0.222 e. The van der Waals surface area contributed by atoms with Gasteiger partial charge in [0, 0.05) is 26.1 Å². The molecular weight excluding hydrogens is 344 g/mol. The summed E-state index contributed by atoms with van der Waals surface area (Å²) in [4.78, 5) is 17.4. The Morgan fingerprint density at radius 2 is 1.79 bits per heavy atom. The molecule has 0 saturated carbocycles. The number of hydrogen-bond donors (Lipinski definition) is 0. The van der Waals surface area contributed by atoms with Gasteiger partial charge in [-0.15, -0.1) is 0 Å². The average molecular weight is 379 g/mol. The van der Waals surface area contributed by atoms with Crippen LogP contribution < -0.4 is 0 Å². The summed E-state index contributed by atoms with van der Waals surface area (Å²) < 4.78 is 0. The largest absolute Gasteiger partial charge is 0.336 e. The Bertz CT molecular complexity index is 716. The molecule has 0 aliphatic carbocycles. The van der Waals surface area contributed by atoms with Crippen molar-refractivity contribution in [3.63, 3.8) is 0 Å². The van der Waals surface area contributed by atoms with Crippen LogP contribution in [0.25, 0.3) is 0 Å². The van der Waals surface area contributed by atoms with E-state index in [1.807, 2.05) is 13.0 Å². The van der Waals surface area contributed by atoms with Gasteiger partial charge in [0.1, 0.15) is 0 Å². The van der Waals surface area contributed by atoms with E-state index in [0.29, 0.717) is 12.3 Å². The molecule has 3 nitrogen and oxygen atoms in total. The Labute approximate surface area is 170 Å². The standard InChI is InChI=1S/C25H34N2O/c1-3-25(28)27(21(2)24-14-8-5-9-15-24)20-23-13-10-17-26(19-23)18-16-22-11-6-4-7-12-22/h4-9,11-12,14-15,21,23H,3,10,13,16-20H2,1-2H3/t21-,23-/m0/s1. The van der Waals surface area contributed by atoms with Crippen LogP contribution in [0.1, 0.15) is 50.3 Å². The van der Waals surface area contributed by atoms with Gasteiger partial charge in [0.05, 0.1) is 6.04 Å². The van der Waals surface area contributed by atoms with Crippen molar-refractivity contribution in [2.45, 2.75) is 45.6 Å². The zero-order valence-corrected chi connectivity index (χ0v) is 17.4. The fourth-order valence-corrected chi connectivity index (χ4v) is 4.30. The van der Waals surface area contributed by atoms with Crippen molar-refractivity contribution >= 4 is 5.91 Å². The number of benzene rings is 2. The fourth-order valence-electron chi connectivity index (χ4n) is 4.30. The van der Waals surface area contributed by atoms with E-state index in [4.69, 9.17) is 0 Å². The maximum atomic E-state index is 12.7. The highest BCUT2D eigenvalue weighted by atomic mass is 16.2. The predicted molar refractivity (Wildman–Crippen MR) is 116 cm³/mol. The second-order valence-corrected chi connectivity index (χ2v) is 8.03. The Morgan fingerprint density at radius 3 is 2.46 bits per heavy atom. The van der Waals surface area contributed by atoms with E-state index in [0.717, 1.165) is 26.1 Å². The van der Waals surface area contributed by atoms with Crippen LogP contribution in [0.15, 0.2) is 60.7 Å². The molecule has 2 aromatic carbocycles. The second kappa shape index (κ2) is 10.4. The van der Waals surface area contributed by atoms with E-state index in [1.54, 1.807) is 0 Å². The number of piperidine rings is 1. The maximum absolute atomic E-state index is 12.7. The monoisotopic (exact) mass is 378 g/mol. The number of rotatable bonds is 8. The molecule has 1 amide bonds. The van der Waals surface area contributed by atoms with Gasteiger partial charge >= 0.3 is 0 Å². The van der Waals surface area contributed by atoms with Crippen LogP contribution in [0.3, 0.4) is 0 Å². The van der Waals surface area contributed by atoms with Crippen LogP contribution in [0, 0.1) is 5.92 Å². The molecular formula is C25H34N2O. The summed E-state index contributed by atoms with van der Waals surface area (Å²) in [7, 11) is 0.